The van der Waals surface area contributed by atoms with Gasteiger partial charge in [0, 0.05) is 56.2 Å². The molecule has 176 valence electrons. The zero-order valence-electron chi connectivity index (χ0n) is 19.3. The first-order chi connectivity index (χ1) is 16.7. The summed E-state index contributed by atoms with van der Waals surface area (Å²) in [6.45, 7) is 7.41. The van der Waals surface area contributed by atoms with Crippen molar-refractivity contribution in [3.63, 3.8) is 0 Å². The van der Waals surface area contributed by atoms with Crippen LogP contribution in [0, 0.1) is 0 Å². The Kier molecular flexibility index (Phi) is 5.64. The third kappa shape index (κ3) is 4.12. The van der Waals surface area contributed by atoms with Crippen molar-refractivity contribution in [2.45, 2.75) is 25.4 Å². The normalized spacial score (nSPS) is 18.6. The number of furan rings is 1. The maximum Gasteiger partial charge on any atom is 0.223 e. The van der Waals surface area contributed by atoms with Gasteiger partial charge in [0.2, 0.25) is 11.8 Å². The minimum atomic E-state index is 0.331. The molecule has 2 aliphatic heterocycles. The fraction of sp³-hybridized carbons (Fsp3) is 0.400. The highest BCUT2D eigenvalue weighted by molar-refractivity contribution is 5.57. The van der Waals surface area contributed by atoms with E-state index in [9.17, 15) is 0 Å². The van der Waals surface area contributed by atoms with Crippen molar-refractivity contribution in [1.29, 1.82) is 0 Å². The van der Waals surface area contributed by atoms with E-state index >= 15 is 0 Å². The summed E-state index contributed by atoms with van der Waals surface area (Å²) in [7, 11) is 0. The molecule has 2 N–H and O–H groups in total. The maximum atomic E-state index is 6.07. The number of nitrogens with two attached hydrogens (primary N) is 1. The lowest BCUT2D eigenvalue weighted by Crippen LogP contribution is -2.53. The number of benzene rings is 1. The summed E-state index contributed by atoms with van der Waals surface area (Å²) in [5, 5.41) is 4.50. The Morgan fingerprint density at radius 1 is 0.941 bits per heavy atom. The number of anilines is 2. The standard InChI is InChI=1S/C25H30N8O/c26-25-27-17-19(24-28-23(29-33(24)25)22-7-4-16-34-22)18-30-10-8-21(9-11-30)32-14-12-31(13-15-32)20-5-2-1-3-6-20/h1-7,16-17,21H,8-15,18H2,(H2,26,27). The summed E-state index contributed by atoms with van der Waals surface area (Å²) in [4.78, 5) is 16.7. The highest BCUT2D eigenvalue weighted by atomic mass is 16.3. The van der Waals surface area contributed by atoms with Crippen molar-refractivity contribution in [2.24, 2.45) is 0 Å². The van der Waals surface area contributed by atoms with Crippen molar-refractivity contribution in [2.75, 3.05) is 49.9 Å². The van der Waals surface area contributed by atoms with Crippen molar-refractivity contribution < 1.29 is 4.42 Å². The largest absolute Gasteiger partial charge is 0.461 e. The van der Waals surface area contributed by atoms with Crippen LogP contribution in [0.25, 0.3) is 17.2 Å². The molecule has 0 atom stereocenters. The first kappa shape index (κ1) is 21.1. The molecular formula is C25H30N8O. The van der Waals surface area contributed by atoms with Crippen molar-refractivity contribution in [3.05, 3.63) is 60.5 Å². The Morgan fingerprint density at radius 3 is 2.47 bits per heavy atom. The van der Waals surface area contributed by atoms with Crippen LogP contribution in [0.5, 0.6) is 0 Å². The lowest BCUT2D eigenvalue weighted by Gasteiger charge is -2.43. The number of aromatic nitrogens is 4. The predicted molar refractivity (Wildman–Crippen MR) is 131 cm³/mol. The van der Waals surface area contributed by atoms with E-state index in [-0.39, 0.29) is 0 Å². The number of rotatable bonds is 5. The van der Waals surface area contributed by atoms with E-state index in [4.69, 9.17) is 15.1 Å². The molecule has 2 aliphatic rings. The molecule has 4 aromatic rings. The average Bonchev–Trinajstić information content (AvgIpc) is 3.58. The summed E-state index contributed by atoms with van der Waals surface area (Å²) in [5.74, 6) is 1.49. The van der Waals surface area contributed by atoms with E-state index in [1.807, 2.05) is 18.3 Å². The second-order valence-corrected chi connectivity index (χ2v) is 9.16. The molecule has 34 heavy (non-hydrogen) atoms. The van der Waals surface area contributed by atoms with E-state index in [1.54, 1.807) is 10.8 Å². The van der Waals surface area contributed by atoms with Crippen molar-refractivity contribution >= 4 is 17.3 Å². The number of fused-ring (bicyclic) bond motifs is 1. The first-order valence-electron chi connectivity index (χ1n) is 12.0. The maximum absolute atomic E-state index is 6.07. The quantitative estimate of drug-likeness (QED) is 0.488. The van der Waals surface area contributed by atoms with Crippen molar-refractivity contribution in [1.82, 2.24) is 29.4 Å². The summed E-state index contributed by atoms with van der Waals surface area (Å²) >= 11 is 0. The molecule has 2 fully saturated rings. The topological polar surface area (TPSA) is 92.0 Å². The lowest BCUT2D eigenvalue weighted by molar-refractivity contribution is 0.0999. The van der Waals surface area contributed by atoms with Crippen LogP contribution in [0.2, 0.25) is 0 Å². The van der Waals surface area contributed by atoms with Crippen LogP contribution in [0.4, 0.5) is 11.6 Å². The average molecular weight is 459 g/mol. The second kappa shape index (κ2) is 9.08. The van der Waals surface area contributed by atoms with E-state index in [0.717, 1.165) is 57.0 Å². The van der Waals surface area contributed by atoms with Crippen LogP contribution in [0.15, 0.2) is 59.3 Å². The van der Waals surface area contributed by atoms with Gasteiger partial charge < -0.3 is 15.1 Å². The first-order valence-corrected chi connectivity index (χ1v) is 12.0. The van der Waals surface area contributed by atoms with Crippen LogP contribution in [-0.4, -0.2) is 74.7 Å². The molecule has 1 aromatic carbocycles. The Morgan fingerprint density at radius 2 is 1.74 bits per heavy atom. The second-order valence-electron chi connectivity index (χ2n) is 9.16. The summed E-state index contributed by atoms with van der Waals surface area (Å²) in [6.07, 6.45) is 5.83. The molecule has 0 aliphatic carbocycles. The van der Waals surface area contributed by atoms with E-state index in [0.29, 0.717) is 23.6 Å². The third-order valence-electron chi connectivity index (χ3n) is 7.11. The Bertz CT molecular complexity index is 1220. The van der Waals surface area contributed by atoms with Gasteiger partial charge in [-0.2, -0.15) is 4.52 Å². The molecule has 9 heteroatoms. The van der Waals surface area contributed by atoms with E-state index < -0.39 is 0 Å². The molecule has 0 bridgehead atoms. The Hall–Kier alpha value is -3.43. The number of piperazine rings is 1. The molecule has 0 saturated carbocycles. The minimum Gasteiger partial charge on any atom is -0.461 e. The van der Waals surface area contributed by atoms with Crippen LogP contribution in [0.1, 0.15) is 18.4 Å². The Labute approximate surface area is 198 Å². The van der Waals surface area contributed by atoms with E-state index in [1.165, 1.54) is 18.5 Å². The van der Waals surface area contributed by atoms with Gasteiger partial charge in [0.1, 0.15) is 0 Å². The molecule has 5 heterocycles. The summed E-state index contributed by atoms with van der Waals surface area (Å²) < 4.78 is 7.08. The smallest absolute Gasteiger partial charge is 0.223 e. The van der Waals surface area contributed by atoms with Gasteiger partial charge in [0.25, 0.3) is 0 Å². The van der Waals surface area contributed by atoms with Crippen molar-refractivity contribution in [3.8, 4) is 11.6 Å². The molecule has 0 radical (unpaired) electrons. The minimum absolute atomic E-state index is 0.331. The SMILES string of the molecule is Nc1ncc(CN2CCC(N3CCN(c4ccccc4)CC3)CC2)c2nc(-c3ccco3)nn12. The summed E-state index contributed by atoms with van der Waals surface area (Å²) in [6, 6.07) is 15.1. The van der Waals surface area contributed by atoms with Gasteiger partial charge in [-0.3, -0.25) is 9.80 Å². The van der Waals surface area contributed by atoms with Gasteiger partial charge in [0.05, 0.1) is 6.26 Å². The monoisotopic (exact) mass is 458 g/mol. The molecule has 6 rings (SSSR count). The van der Waals surface area contributed by atoms with Gasteiger partial charge in [-0.05, 0) is 50.2 Å². The number of piperidine rings is 1. The predicted octanol–water partition coefficient (Wildman–Crippen LogP) is 2.75. The van der Waals surface area contributed by atoms with Crippen LogP contribution in [0.3, 0.4) is 0 Å². The highest BCUT2D eigenvalue weighted by Gasteiger charge is 2.28. The van der Waals surface area contributed by atoms with Crippen LogP contribution in [-0.2, 0) is 6.54 Å². The zero-order valence-corrected chi connectivity index (χ0v) is 19.3. The molecule has 0 unspecified atom stereocenters. The molecule has 0 spiro atoms. The van der Waals surface area contributed by atoms with Gasteiger partial charge in [0.15, 0.2) is 11.4 Å². The number of nitrogens with zero attached hydrogens (tertiary/aromatic N) is 7. The number of hydrogen-bond acceptors (Lipinski definition) is 8. The van der Waals surface area contributed by atoms with Crippen LogP contribution < -0.4 is 10.6 Å². The van der Waals surface area contributed by atoms with Crippen LogP contribution >= 0.6 is 0 Å². The van der Waals surface area contributed by atoms with Gasteiger partial charge in [-0.1, -0.05) is 18.2 Å². The molecule has 2 saturated heterocycles. The number of para-hydroxylation sites is 1. The fourth-order valence-corrected chi connectivity index (χ4v) is 5.23. The fourth-order valence-electron chi connectivity index (χ4n) is 5.23. The number of hydrogen-bond donors (Lipinski definition) is 1. The third-order valence-corrected chi connectivity index (χ3v) is 7.11. The van der Waals surface area contributed by atoms with Gasteiger partial charge >= 0.3 is 0 Å². The number of likely N-dealkylation sites (tertiary alicyclic amines) is 1. The molecule has 3 aromatic heterocycles. The molecule has 0 amide bonds. The number of nitrogen functional groups attached to an aromatic ring is 1. The molecular weight excluding hydrogens is 428 g/mol. The lowest BCUT2D eigenvalue weighted by atomic mass is 10.0. The van der Waals surface area contributed by atoms with Gasteiger partial charge in [-0.15, -0.1) is 5.10 Å². The zero-order chi connectivity index (χ0) is 22.9. The molecule has 9 nitrogen and oxygen atoms in total. The highest BCUT2D eigenvalue weighted by Crippen LogP contribution is 2.24. The summed E-state index contributed by atoms with van der Waals surface area (Å²) in [5.41, 5.74) is 9.19. The van der Waals surface area contributed by atoms with Gasteiger partial charge in [-0.25, -0.2) is 9.97 Å². The van der Waals surface area contributed by atoms with E-state index in [2.05, 4.69) is 55.1 Å². The Balaban J connectivity index is 1.07.